The highest BCUT2D eigenvalue weighted by Gasteiger charge is 2.31. The number of aliphatic hydroxyl groups excluding tert-OH is 1. The summed E-state index contributed by atoms with van der Waals surface area (Å²) in [4.78, 5) is 45.6. The van der Waals surface area contributed by atoms with E-state index >= 15 is 0 Å². The zero-order valence-corrected chi connectivity index (χ0v) is 13.1. The summed E-state index contributed by atoms with van der Waals surface area (Å²) in [5.41, 5.74) is 5.61. The lowest BCUT2D eigenvalue weighted by Gasteiger charge is -2.23. The second-order valence-electron chi connectivity index (χ2n) is 5.49. The Morgan fingerprint density at radius 2 is 1.52 bits per heavy atom. The van der Waals surface area contributed by atoms with Crippen LogP contribution in [0.3, 0.4) is 0 Å². The molecule has 7 N–H and O–H groups in total. The standard InChI is InChI=1S/C13H23N3O7/c1-5(2)9(14)12(21)15-7(4-8(18)19)11(20)16-10(6(3)17)13(22)23/h5-7,9-10,17H,4,14H2,1-3H3,(H,15,21)(H,16,20)(H,18,19)(H,22,23)/t6-,7+,9+,10+/m1/s1. The Kier molecular flexibility index (Phi) is 8.19. The maximum atomic E-state index is 12.0. The number of nitrogens with two attached hydrogens (primary N) is 1. The number of aliphatic carboxylic acids is 2. The average molecular weight is 333 g/mol. The van der Waals surface area contributed by atoms with Gasteiger partial charge in [-0.2, -0.15) is 0 Å². The van der Waals surface area contributed by atoms with Crippen molar-refractivity contribution in [3.8, 4) is 0 Å². The van der Waals surface area contributed by atoms with Crippen LogP contribution in [-0.2, 0) is 19.2 Å². The van der Waals surface area contributed by atoms with Crippen LogP contribution in [0.5, 0.6) is 0 Å². The molecule has 4 atom stereocenters. The SMILES string of the molecule is CC(C)[C@H](N)C(=O)N[C@@H](CC(=O)O)C(=O)N[C@H](C(=O)O)[C@@H](C)O. The van der Waals surface area contributed by atoms with Crippen LogP contribution in [0.2, 0.25) is 0 Å². The predicted octanol–water partition coefficient (Wildman–Crippen LogP) is -2.12. The molecule has 132 valence electrons. The lowest BCUT2D eigenvalue weighted by Crippen LogP contribution is -2.57. The van der Waals surface area contributed by atoms with Crippen LogP contribution < -0.4 is 16.4 Å². The summed E-state index contributed by atoms with van der Waals surface area (Å²) < 4.78 is 0. The fraction of sp³-hybridized carbons (Fsp3) is 0.692. The van der Waals surface area contributed by atoms with E-state index in [1.807, 2.05) is 5.32 Å². The Bertz CT molecular complexity index is 464. The highest BCUT2D eigenvalue weighted by atomic mass is 16.4. The largest absolute Gasteiger partial charge is 0.481 e. The molecule has 10 heteroatoms. The monoisotopic (exact) mass is 333 g/mol. The van der Waals surface area contributed by atoms with Gasteiger partial charge in [0.2, 0.25) is 11.8 Å². The Morgan fingerprint density at radius 3 is 1.87 bits per heavy atom. The van der Waals surface area contributed by atoms with E-state index in [0.29, 0.717) is 0 Å². The Morgan fingerprint density at radius 1 is 1.00 bits per heavy atom. The van der Waals surface area contributed by atoms with Crippen molar-refractivity contribution in [2.75, 3.05) is 0 Å². The summed E-state index contributed by atoms with van der Waals surface area (Å²) in [6.07, 6.45) is -2.16. The molecule has 0 aromatic heterocycles. The number of hydrogen-bond donors (Lipinski definition) is 6. The van der Waals surface area contributed by atoms with Crippen molar-refractivity contribution in [3.63, 3.8) is 0 Å². The molecular weight excluding hydrogens is 310 g/mol. The van der Waals surface area contributed by atoms with Crippen molar-refractivity contribution in [1.29, 1.82) is 0 Å². The average Bonchev–Trinajstić information content (AvgIpc) is 2.41. The molecule has 23 heavy (non-hydrogen) atoms. The van der Waals surface area contributed by atoms with Crippen LogP contribution in [0, 0.1) is 5.92 Å². The number of rotatable bonds is 9. The Balaban J connectivity index is 5.09. The van der Waals surface area contributed by atoms with Crippen molar-refractivity contribution >= 4 is 23.8 Å². The zero-order valence-electron chi connectivity index (χ0n) is 13.1. The molecule has 0 fully saturated rings. The minimum absolute atomic E-state index is 0.243. The molecule has 0 aliphatic carbocycles. The van der Waals surface area contributed by atoms with E-state index < -0.39 is 54.4 Å². The molecule has 0 unspecified atom stereocenters. The van der Waals surface area contributed by atoms with Crippen molar-refractivity contribution in [1.82, 2.24) is 10.6 Å². The zero-order chi connectivity index (χ0) is 18.3. The van der Waals surface area contributed by atoms with Crippen LogP contribution >= 0.6 is 0 Å². The van der Waals surface area contributed by atoms with Gasteiger partial charge in [-0.05, 0) is 12.8 Å². The first-order valence-electron chi connectivity index (χ1n) is 6.96. The van der Waals surface area contributed by atoms with Gasteiger partial charge in [0.05, 0.1) is 18.6 Å². The van der Waals surface area contributed by atoms with Crippen LogP contribution in [0.25, 0.3) is 0 Å². The van der Waals surface area contributed by atoms with Gasteiger partial charge < -0.3 is 31.7 Å². The number of carbonyl (C=O) groups excluding carboxylic acids is 2. The number of aliphatic hydroxyl groups is 1. The highest BCUT2D eigenvalue weighted by molar-refractivity contribution is 5.94. The van der Waals surface area contributed by atoms with Gasteiger partial charge in [-0.1, -0.05) is 13.8 Å². The van der Waals surface area contributed by atoms with Crippen molar-refractivity contribution in [2.24, 2.45) is 11.7 Å². The smallest absolute Gasteiger partial charge is 0.328 e. The molecule has 0 heterocycles. The molecular formula is C13H23N3O7. The van der Waals surface area contributed by atoms with E-state index in [-0.39, 0.29) is 5.92 Å². The highest BCUT2D eigenvalue weighted by Crippen LogP contribution is 2.02. The van der Waals surface area contributed by atoms with Crippen LogP contribution in [0.4, 0.5) is 0 Å². The number of amides is 2. The maximum Gasteiger partial charge on any atom is 0.328 e. The van der Waals surface area contributed by atoms with Crippen molar-refractivity contribution < 1.29 is 34.5 Å². The third-order valence-electron chi connectivity index (χ3n) is 3.08. The third kappa shape index (κ3) is 7.06. The molecule has 0 bridgehead atoms. The summed E-state index contributed by atoms with van der Waals surface area (Å²) in [6.45, 7) is 4.49. The minimum atomic E-state index is -1.63. The topological polar surface area (TPSA) is 179 Å². The summed E-state index contributed by atoms with van der Waals surface area (Å²) in [5.74, 6) is -4.87. The molecule has 0 rings (SSSR count). The summed E-state index contributed by atoms with van der Waals surface area (Å²) in [5, 5.41) is 31.2. The van der Waals surface area contributed by atoms with E-state index in [1.54, 1.807) is 13.8 Å². The molecule has 0 aliphatic rings. The van der Waals surface area contributed by atoms with Gasteiger partial charge in [0, 0.05) is 0 Å². The predicted molar refractivity (Wildman–Crippen MR) is 78.2 cm³/mol. The van der Waals surface area contributed by atoms with E-state index in [1.165, 1.54) is 0 Å². The third-order valence-corrected chi connectivity index (χ3v) is 3.08. The first kappa shape index (κ1) is 20.8. The summed E-state index contributed by atoms with van der Waals surface area (Å²) >= 11 is 0. The first-order chi connectivity index (χ1) is 10.5. The molecule has 0 aliphatic heterocycles. The van der Waals surface area contributed by atoms with E-state index in [9.17, 15) is 24.3 Å². The second kappa shape index (κ2) is 9.06. The fourth-order valence-corrected chi connectivity index (χ4v) is 1.60. The molecule has 0 aromatic rings. The number of carbonyl (C=O) groups is 4. The van der Waals surface area contributed by atoms with Gasteiger partial charge in [-0.15, -0.1) is 0 Å². The number of carboxylic acid groups (broad SMARTS) is 2. The van der Waals surface area contributed by atoms with Crippen molar-refractivity contribution in [3.05, 3.63) is 0 Å². The van der Waals surface area contributed by atoms with E-state index in [2.05, 4.69) is 5.32 Å². The summed E-state index contributed by atoms with van der Waals surface area (Å²) in [7, 11) is 0. The number of carboxylic acids is 2. The number of hydrogen-bond acceptors (Lipinski definition) is 6. The summed E-state index contributed by atoms with van der Waals surface area (Å²) in [6, 6.07) is -4.09. The molecule has 0 saturated heterocycles. The quantitative estimate of drug-likeness (QED) is 0.277. The Labute approximate surface area is 133 Å². The van der Waals surface area contributed by atoms with Gasteiger partial charge in [0.15, 0.2) is 6.04 Å². The minimum Gasteiger partial charge on any atom is -0.481 e. The second-order valence-corrected chi connectivity index (χ2v) is 5.49. The molecule has 0 radical (unpaired) electrons. The lowest BCUT2D eigenvalue weighted by molar-refractivity contribution is -0.145. The fourth-order valence-electron chi connectivity index (χ4n) is 1.60. The first-order valence-corrected chi connectivity index (χ1v) is 6.96. The van der Waals surface area contributed by atoms with Crippen molar-refractivity contribution in [2.45, 2.75) is 51.4 Å². The van der Waals surface area contributed by atoms with Gasteiger partial charge >= 0.3 is 11.9 Å². The van der Waals surface area contributed by atoms with Crippen LogP contribution in [0.15, 0.2) is 0 Å². The van der Waals surface area contributed by atoms with Crippen LogP contribution in [-0.4, -0.2) is 63.3 Å². The molecule has 2 amide bonds. The van der Waals surface area contributed by atoms with Crippen LogP contribution in [0.1, 0.15) is 27.2 Å². The normalized spacial score (nSPS) is 16.1. The molecule has 0 aromatic carbocycles. The molecule has 0 spiro atoms. The lowest BCUT2D eigenvalue weighted by atomic mass is 10.0. The van der Waals surface area contributed by atoms with Gasteiger partial charge in [-0.25, -0.2) is 4.79 Å². The van der Waals surface area contributed by atoms with Gasteiger partial charge in [-0.3, -0.25) is 14.4 Å². The van der Waals surface area contributed by atoms with Gasteiger partial charge in [0.25, 0.3) is 0 Å². The number of nitrogens with one attached hydrogen (secondary N) is 2. The van der Waals surface area contributed by atoms with E-state index in [4.69, 9.17) is 15.9 Å². The maximum absolute atomic E-state index is 12.0. The van der Waals surface area contributed by atoms with E-state index in [0.717, 1.165) is 6.92 Å². The molecule has 10 nitrogen and oxygen atoms in total. The van der Waals surface area contributed by atoms with Gasteiger partial charge in [0.1, 0.15) is 6.04 Å². The molecule has 0 saturated carbocycles. The Hall–Kier alpha value is -2.20.